The highest BCUT2D eigenvalue weighted by atomic mass is 31.2. The zero-order valence-electron chi connectivity index (χ0n) is 15.9. The molecule has 0 rings (SSSR count). The van der Waals surface area contributed by atoms with Crippen molar-refractivity contribution in [3.8, 4) is 0 Å². The number of aliphatic hydroxyl groups excluding tert-OH is 3. The first-order valence-electron chi connectivity index (χ1n) is 8.65. The monoisotopic (exact) mass is 432 g/mol. The van der Waals surface area contributed by atoms with E-state index >= 15 is 0 Å². The van der Waals surface area contributed by atoms with E-state index in [4.69, 9.17) is 28.9 Å². The molecule has 0 aromatic carbocycles. The van der Waals surface area contributed by atoms with Crippen molar-refractivity contribution >= 4 is 19.8 Å². The highest BCUT2D eigenvalue weighted by molar-refractivity contribution is 7.47. The van der Waals surface area contributed by atoms with Crippen molar-refractivity contribution in [1.82, 2.24) is 0 Å². The molecule has 0 heterocycles. The van der Waals surface area contributed by atoms with Crippen molar-refractivity contribution in [3.05, 3.63) is 0 Å². The first-order chi connectivity index (χ1) is 13.1. The summed E-state index contributed by atoms with van der Waals surface area (Å²) >= 11 is 0. The molecule has 0 saturated heterocycles. The minimum Gasteiger partial charge on any atom is -0.462 e. The highest BCUT2D eigenvalue weighted by Crippen LogP contribution is 2.43. The number of carbonyl (C=O) groups excluding carboxylic acids is 2. The van der Waals surface area contributed by atoms with Gasteiger partial charge in [0.2, 0.25) is 0 Å². The first-order valence-corrected chi connectivity index (χ1v) is 10.1. The smallest absolute Gasteiger partial charge is 0.462 e. The Morgan fingerprint density at radius 1 is 0.893 bits per heavy atom. The predicted octanol–water partition coefficient (Wildman–Crippen LogP) is -0.874. The van der Waals surface area contributed by atoms with Crippen molar-refractivity contribution in [2.75, 3.05) is 39.6 Å². The van der Waals surface area contributed by atoms with Crippen LogP contribution in [0.25, 0.3) is 0 Å². The molecule has 0 radical (unpaired) electrons. The van der Waals surface area contributed by atoms with E-state index in [0.29, 0.717) is 0 Å². The fourth-order valence-electron chi connectivity index (χ4n) is 1.51. The second kappa shape index (κ2) is 14.8. The van der Waals surface area contributed by atoms with Crippen LogP contribution in [0.3, 0.4) is 0 Å². The summed E-state index contributed by atoms with van der Waals surface area (Å²) in [5, 5.41) is 27.3. The lowest BCUT2D eigenvalue weighted by molar-refractivity contribution is -0.160. The summed E-state index contributed by atoms with van der Waals surface area (Å²) in [6.07, 6.45) is -3.37. The van der Waals surface area contributed by atoms with E-state index in [0.717, 1.165) is 0 Å². The largest absolute Gasteiger partial charge is 0.472 e. The Bertz CT molecular complexity index is 499. The maximum atomic E-state index is 11.8. The topological polar surface area (TPSA) is 178 Å². The molecule has 0 aromatic heterocycles. The van der Waals surface area contributed by atoms with Crippen LogP contribution >= 0.6 is 7.82 Å². The standard InChI is InChI=1S/C15H29O12P/c1-3-14(19)24-9-13(27-15(20)4-2)10-26-28(21,22)25-8-12(18)7-23-6-11(17)5-16/h11-13,16-18H,3-10H2,1-2H3,(H,21,22)/t11?,12-,13+/m0/s1. The van der Waals surface area contributed by atoms with Crippen molar-refractivity contribution in [2.45, 2.75) is 45.0 Å². The molecule has 0 fully saturated rings. The van der Waals surface area contributed by atoms with Crippen molar-refractivity contribution in [2.24, 2.45) is 0 Å². The van der Waals surface area contributed by atoms with Crippen molar-refractivity contribution < 1.29 is 57.6 Å². The molecule has 4 N–H and O–H groups in total. The van der Waals surface area contributed by atoms with Crippen LogP contribution in [0, 0.1) is 0 Å². The minimum atomic E-state index is -4.60. The number of carbonyl (C=O) groups is 2. The molecule has 0 aliphatic rings. The van der Waals surface area contributed by atoms with Gasteiger partial charge in [0.15, 0.2) is 6.10 Å². The fourth-order valence-corrected chi connectivity index (χ4v) is 2.30. The summed E-state index contributed by atoms with van der Waals surface area (Å²) in [7, 11) is -4.60. The Kier molecular flexibility index (Phi) is 14.2. The molecule has 0 amide bonds. The van der Waals surface area contributed by atoms with Gasteiger partial charge < -0.3 is 34.4 Å². The zero-order valence-corrected chi connectivity index (χ0v) is 16.8. The molecule has 0 spiro atoms. The van der Waals surface area contributed by atoms with E-state index < -0.39 is 57.9 Å². The van der Waals surface area contributed by atoms with E-state index in [2.05, 4.69) is 4.52 Å². The van der Waals surface area contributed by atoms with Gasteiger partial charge >= 0.3 is 19.8 Å². The van der Waals surface area contributed by atoms with Crippen LogP contribution in [0.4, 0.5) is 0 Å². The second-order valence-electron chi connectivity index (χ2n) is 5.59. The molecule has 4 atom stereocenters. The van der Waals surface area contributed by atoms with Crippen LogP contribution in [0.1, 0.15) is 26.7 Å². The highest BCUT2D eigenvalue weighted by Gasteiger charge is 2.27. The van der Waals surface area contributed by atoms with Crippen LogP contribution in [0.15, 0.2) is 0 Å². The molecule has 12 nitrogen and oxygen atoms in total. The molecular formula is C15H29O12P. The number of ether oxygens (including phenoxy) is 3. The van der Waals surface area contributed by atoms with Crippen molar-refractivity contribution in [1.29, 1.82) is 0 Å². The summed E-state index contributed by atoms with van der Waals surface area (Å²) in [6.45, 7) is 0.496. The number of phosphoric ester groups is 1. The lowest BCUT2D eigenvalue weighted by Gasteiger charge is -2.20. The minimum absolute atomic E-state index is 0.0443. The third-order valence-electron chi connectivity index (χ3n) is 2.99. The van der Waals surface area contributed by atoms with Gasteiger partial charge in [0.25, 0.3) is 0 Å². The van der Waals surface area contributed by atoms with Gasteiger partial charge in [0.05, 0.1) is 33.0 Å². The van der Waals surface area contributed by atoms with Gasteiger partial charge in [-0.1, -0.05) is 13.8 Å². The van der Waals surface area contributed by atoms with E-state index in [9.17, 15) is 24.2 Å². The normalized spacial score (nSPS) is 16.6. The van der Waals surface area contributed by atoms with Crippen molar-refractivity contribution in [3.63, 3.8) is 0 Å². The third-order valence-corrected chi connectivity index (χ3v) is 3.94. The molecule has 0 aliphatic carbocycles. The predicted molar refractivity (Wildman–Crippen MR) is 93.1 cm³/mol. The Morgan fingerprint density at radius 3 is 2.04 bits per heavy atom. The number of rotatable bonds is 16. The first kappa shape index (κ1) is 26.9. The Morgan fingerprint density at radius 2 is 1.46 bits per heavy atom. The Balaban J connectivity index is 4.38. The Hall–Kier alpha value is -1.11. The van der Waals surface area contributed by atoms with E-state index in [1.165, 1.54) is 0 Å². The zero-order chi connectivity index (χ0) is 21.6. The fraction of sp³-hybridized carbons (Fsp3) is 0.867. The average Bonchev–Trinajstić information content (AvgIpc) is 2.67. The summed E-state index contributed by atoms with van der Waals surface area (Å²) in [5.41, 5.74) is 0. The third kappa shape index (κ3) is 14.0. The molecule has 0 bridgehead atoms. The van der Waals surface area contributed by atoms with Gasteiger partial charge in [-0.3, -0.25) is 18.6 Å². The molecule has 0 saturated carbocycles. The Labute approximate surface area is 162 Å². The molecule has 0 aromatic rings. The van der Waals surface area contributed by atoms with E-state index in [1.807, 2.05) is 0 Å². The van der Waals surface area contributed by atoms with Crippen LogP contribution in [0.2, 0.25) is 0 Å². The van der Waals surface area contributed by atoms with Crippen LogP contribution in [-0.2, 0) is 37.4 Å². The molecule has 2 unspecified atom stereocenters. The van der Waals surface area contributed by atoms with Gasteiger partial charge in [0, 0.05) is 12.8 Å². The lowest BCUT2D eigenvalue weighted by Crippen LogP contribution is -2.29. The van der Waals surface area contributed by atoms with Gasteiger partial charge in [0.1, 0.15) is 18.8 Å². The lowest BCUT2D eigenvalue weighted by atomic mass is 10.4. The number of hydrogen-bond donors (Lipinski definition) is 4. The SMILES string of the molecule is CCC(=O)OC[C@H](COP(=O)(O)OC[C@@H](O)COCC(O)CO)OC(=O)CC. The second-order valence-corrected chi connectivity index (χ2v) is 7.04. The molecule has 166 valence electrons. The quantitative estimate of drug-likeness (QED) is 0.175. The van der Waals surface area contributed by atoms with E-state index in [1.54, 1.807) is 13.8 Å². The number of aliphatic hydroxyl groups is 3. The summed E-state index contributed by atoms with van der Waals surface area (Å²) < 4.78 is 35.8. The van der Waals surface area contributed by atoms with Gasteiger partial charge in [-0.25, -0.2) is 4.57 Å². The molecular weight excluding hydrogens is 403 g/mol. The number of phosphoric acid groups is 1. The molecule has 28 heavy (non-hydrogen) atoms. The van der Waals surface area contributed by atoms with Gasteiger partial charge in [-0.05, 0) is 0 Å². The number of hydrogen-bond acceptors (Lipinski definition) is 11. The maximum absolute atomic E-state index is 11.8. The maximum Gasteiger partial charge on any atom is 0.472 e. The number of esters is 2. The summed E-state index contributed by atoms with van der Waals surface area (Å²) in [4.78, 5) is 32.2. The molecule has 13 heteroatoms. The average molecular weight is 432 g/mol. The van der Waals surface area contributed by atoms with Crippen LogP contribution < -0.4 is 0 Å². The van der Waals surface area contributed by atoms with E-state index in [-0.39, 0.29) is 32.7 Å². The molecule has 0 aliphatic heterocycles. The van der Waals surface area contributed by atoms with Crippen LogP contribution in [-0.4, -0.2) is 90.1 Å². The summed E-state index contributed by atoms with van der Waals surface area (Å²) in [6, 6.07) is 0. The summed E-state index contributed by atoms with van der Waals surface area (Å²) in [5.74, 6) is -1.16. The van der Waals surface area contributed by atoms with Gasteiger partial charge in [-0.2, -0.15) is 0 Å². The van der Waals surface area contributed by atoms with Gasteiger partial charge in [-0.15, -0.1) is 0 Å². The van der Waals surface area contributed by atoms with Crippen LogP contribution in [0.5, 0.6) is 0 Å².